The Morgan fingerprint density at radius 1 is 1.35 bits per heavy atom. The first-order valence-corrected chi connectivity index (χ1v) is 5.26. The Bertz CT molecular complexity index is 631. The van der Waals surface area contributed by atoms with Crippen molar-refractivity contribution in [2.45, 2.75) is 12.8 Å². The molecular weight excluding hydrogens is 220 g/mol. The van der Waals surface area contributed by atoms with Crippen molar-refractivity contribution in [3.63, 3.8) is 0 Å². The molecule has 0 saturated heterocycles. The summed E-state index contributed by atoms with van der Waals surface area (Å²) in [4.78, 5) is 22.4. The SMILES string of the molecule is Cn1nc(CCC(=O)O)c2ccccc2c1=O. The molecule has 2 rings (SSSR count). The Kier molecular flexibility index (Phi) is 2.91. The van der Waals surface area contributed by atoms with Gasteiger partial charge in [-0.2, -0.15) is 5.10 Å². The van der Waals surface area contributed by atoms with E-state index < -0.39 is 5.97 Å². The number of carbonyl (C=O) groups is 1. The first kappa shape index (κ1) is 11.3. The van der Waals surface area contributed by atoms with Crippen molar-refractivity contribution < 1.29 is 9.90 Å². The number of hydrogen-bond acceptors (Lipinski definition) is 3. The van der Waals surface area contributed by atoms with Gasteiger partial charge in [-0.1, -0.05) is 18.2 Å². The Hall–Kier alpha value is -2.17. The molecule has 0 aliphatic heterocycles. The lowest BCUT2D eigenvalue weighted by atomic mass is 10.1. The van der Waals surface area contributed by atoms with E-state index in [1.165, 1.54) is 4.68 Å². The highest BCUT2D eigenvalue weighted by atomic mass is 16.4. The van der Waals surface area contributed by atoms with Crippen molar-refractivity contribution in [1.29, 1.82) is 0 Å². The van der Waals surface area contributed by atoms with Crippen LogP contribution in [0.5, 0.6) is 0 Å². The molecule has 0 atom stereocenters. The van der Waals surface area contributed by atoms with Gasteiger partial charge < -0.3 is 5.11 Å². The summed E-state index contributed by atoms with van der Waals surface area (Å²) in [6, 6.07) is 7.11. The van der Waals surface area contributed by atoms with Gasteiger partial charge in [0, 0.05) is 18.9 Å². The van der Waals surface area contributed by atoms with Gasteiger partial charge in [-0.25, -0.2) is 4.68 Å². The highest BCUT2D eigenvalue weighted by molar-refractivity contribution is 5.83. The minimum absolute atomic E-state index is 0.00913. The Morgan fingerprint density at radius 3 is 2.65 bits per heavy atom. The zero-order valence-electron chi connectivity index (χ0n) is 9.38. The number of aliphatic carboxylic acids is 1. The van der Waals surface area contributed by atoms with E-state index in [1.54, 1.807) is 25.2 Å². The number of fused-ring (bicyclic) bond motifs is 1. The van der Waals surface area contributed by atoms with E-state index in [1.807, 2.05) is 6.07 Å². The van der Waals surface area contributed by atoms with Gasteiger partial charge in [0.25, 0.3) is 5.56 Å². The number of aryl methyl sites for hydroxylation is 2. The van der Waals surface area contributed by atoms with Crippen LogP contribution in [0.1, 0.15) is 12.1 Å². The lowest BCUT2D eigenvalue weighted by Crippen LogP contribution is -2.21. The van der Waals surface area contributed by atoms with Gasteiger partial charge in [0.2, 0.25) is 0 Å². The standard InChI is InChI=1S/C12H12N2O3/c1-14-12(17)9-5-3-2-4-8(9)10(13-14)6-7-11(15)16/h2-5H,6-7H2,1H3,(H,15,16). The minimum atomic E-state index is -0.871. The predicted molar refractivity (Wildman–Crippen MR) is 62.9 cm³/mol. The fourth-order valence-corrected chi connectivity index (χ4v) is 1.79. The molecule has 0 amide bonds. The van der Waals surface area contributed by atoms with Crippen LogP contribution in [0, 0.1) is 0 Å². The van der Waals surface area contributed by atoms with Gasteiger partial charge in [-0.3, -0.25) is 9.59 Å². The van der Waals surface area contributed by atoms with Crippen LogP contribution in [0.25, 0.3) is 10.8 Å². The lowest BCUT2D eigenvalue weighted by Gasteiger charge is -2.06. The predicted octanol–water partition coefficient (Wildman–Crippen LogP) is 0.951. The summed E-state index contributed by atoms with van der Waals surface area (Å²) >= 11 is 0. The largest absolute Gasteiger partial charge is 0.481 e. The van der Waals surface area contributed by atoms with Crippen LogP contribution in [-0.4, -0.2) is 20.9 Å². The van der Waals surface area contributed by atoms with Crippen molar-refractivity contribution in [3.05, 3.63) is 40.3 Å². The molecule has 0 aliphatic carbocycles. The molecule has 0 unspecified atom stereocenters. The van der Waals surface area contributed by atoms with Crippen LogP contribution >= 0.6 is 0 Å². The first-order valence-electron chi connectivity index (χ1n) is 5.26. The highest BCUT2D eigenvalue weighted by Gasteiger charge is 2.09. The quantitative estimate of drug-likeness (QED) is 0.855. The van der Waals surface area contributed by atoms with Gasteiger partial charge >= 0.3 is 5.97 Å². The van der Waals surface area contributed by atoms with Crippen LogP contribution in [-0.2, 0) is 18.3 Å². The van der Waals surface area contributed by atoms with Crippen LogP contribution in [0.3, 0.4) is 0 Å². The molecule has 1 N–H and O–H groups in total. The molecule has 1 aromatic heterocycles. The third kappa shape index (κ3) is 2.18. The minimum Gasteiger partial charge on any atom is -0.481 e. The maximum atomic E-state index is 11.8. The van der Waals surface area contributed by atoms with Crippen LogP contribution < -0.4 is 5.56 Å². The third-order valence-corrected chi connectivity index (χ3v) is 2.61. The third-order valence-electron chi connectivity index (χ3n) is 2.61. The second kappa shape index (κ2) is 4.37. The number of benzene rings is 1. The Labute approximate surface area is 97.3 Å². The molecule has 1 aromatic carbocycles. The van der Waals surface area contributed by atoms with E-state index >= 15 is 0 Å². The maximum Gasteiger partial charge on any atom is 0.303 e. The van der Waals surface area contributed by atoms with Crippen LogP contribution in [0.4, 0.5) is 0 Å². The summed E-state index contributed by atoms with van der Waals surface area (Å²) in [6.07, 6.45) is 0.333. The normalized spacial score (nSPS) is 10.6. The molecule has 17 heavy (non-hydrogen) atoms. The number of nitrogens with zero attached hydrogens (tertiary/aromatic N) is 2. The molecule has 0 aliphatic rings. The molecule has 1 heterocycles. The smallest absolute Gasteiger partial charge is 0.303 e. The molecule has 5 nitrogen and oxygen atoms in total. The van der Waals surface area contributed by atoms with Gasteiger partial charge in [0.15, 0.2) is 0 Å². The summed E-state index contributed by atoms with van der Waals surface area (Å²) in [7, 11) is 1.57. The first-order chi connectivity index (χ1) is 8.09. The fourth-order valence-electron chi connectivity index (χ4n) is 1.79. The molecule has 0 fully saturated rings. The topological polar surface area (TPSA) is 72.2 Å². The number of hydrogen-bond donors (Lipinski definition) is 1. The molecule has 0 saturated carbocycles. The zero-order chi connectivity index (χ0) is 12.4. The summed E-state index contributed by atoms with van der Waals surface area (Å²) in [5.74, 6) is -0.871. The summed E-state index contributed by atoms with van der Waals surface area (Å²) in [5.41, 5.74) is 0.477. The summed E-state index contributed by atoms with van der Waals surface area (Å²) < 4.78 is 1.25. The van der Waals surface area contributed by atoms with Crippen molar-refractivity contribution in [3.8, 4) is 0 Å². The van der Waals surface area contributed by atoms with E-state index in [2.05, 4.69) is 5.10 Å². The molecule has 2 aromatic rings. The second-order valence-electron chi connectivity index (χ2n) is 3.81. The number of rotatable bonds is 3. The van der Waals surface area contributed by atoms with Gasteiger partial charge in [0.1, 0.15) is 0 Å². The van der Waals surface area contributed by atoms with E-state index in [0.29, 0.717) is 17.5 Å². The number of carboxylic acids is 1. The molecular formula is C12H12N2O3. The summed E-state index contributed by atoms with van der Waals surface area (Å²) in [6.45, 7) is 0. The van der Waals surface area contributed by atoms with Crippen molar-refractivity contribution in [2.75, 3.05) is 0 Å². The summed E-state index contributed by atoms with van der Waals surface area (Å²) in [5, 5.41) is 14.1. The molecule has 88 valence electrons. The van der Waals surface area contributed by atoms with E-state index in [4.69, 9.17) is 5.11 Å². The van der Waals surface area contributed by atoms with Crippen molar-refractivity contribution >= 4 is 16.7 Å². The van der Waals surface area contributed by atoms with Crippen LogP contribution in [0.2, 0.25) is 0 Å². The molecule has 0 spiro atoms. The van der Waals surface area contributed by atoms with E-state index in [-0.39, 0.29) is 12.0 Å². The number of carboxylic acid groups (broad SMARTS) is 1. The van der Waals surface area contributed by atoms with Crippen molar-refractivity contribution in [1.82, 2.24) is 9.78 Å². The number of aromatic nitrogens is 2. The van der Waals surface area contributed by atoms with E-state index in [9.17, 15) is 9.59 Å². The van der Waals surface area contributed by atoms with Gasteiger partial charge in [0.05, 0.1) is 17.5 Å². The molecule has 0 radical (unpaired) electrons. The average Bonchev–Trinajstić information content (AvgIpc) is 2.32. The monoisotopic (exact) mass is 232 g/mol. The lowest BCUT2D eigenvalue weighted by molar-refractivity contribution is -0.136. The van der Waals surface area contributed by atoms with Crippen LogP contribution in [0.15, 0.2) is 29.1 Å². The van der Waals surface area contributed by atoms with E-state index in [0.717, 1.165) is 5.39 Å². The molecule has 5 heteroatoms. The van der Waals surface area contributed by atoms with Gasteiger partial charge in [-0.15, -0.1) is 0 Å². The maximum absolute atomic E-state index is 11.8. The zero-order valence-corrected chi connectivity index (χ0v) is 9.38. The Morgan fingerprint density at radius 2 is 2.00 bits per heavy atom. The van der Waals surface area contributed by atoms with Crippen molar-refractivity contribution in [2.24, 2.45) is 7.05 Å². The highest BCUT2D eigenvalue weighted by Crippen LogP contribution is 2.14. The fraction of sp³-hybridized carbons (Fsp3) is 0.250. The average molecular weight is 232 g/mol. The molecule has 0 bridgehead atoms. The second-order valence-corrected chi connectivity index (χ2v) is 3.81. The van der Waals surface area contributed by atoms with Gasteiger partial charge in [-0.05, 0) is 6.07 Å². The Balaban J connectivity index is 2.59.